The molecule has 1 nitrogen and oxygen atoms in total. The third kappa shape index (κ3) is 3.54. The van der Waals surface area contributed by atoms with Gasteiger partial charge in [0.1, 0.15) is 11.6 Å². The Morgan fingerprint density at radius 1 is 0.810 bits per heavy atom. The molecule has 0 N–H and O–H groups in total. The monoisotopic (exact) mass is 330 g/mol. The lowest BCUT2D eigenvalue weighted by atomic mass is 10.1. The van der Waals surface area contributed by atoms with Crippen LogP contribution in [0.5, 0.6) is 0 Å². The van der Waals surface area contributed by atoms with Crippen molar-refractivity contribution in [3.8, 4) is 0 Å². The highest BCUT2D eigenvalue weighted by Crippen LogP contribution is 2.27. The maximum atomic E-state index is 13.7. The smallest absolute Gasteiger partial charge is 0.130 e. The summed E-state index contributed by atoms with van der Waals surface area (Å²) < 4.78 is 32.8. The first-order valence-electron chi connectivity index (χ1n) is 6.36. The van der Waals surface area contributed by atoms with Gasteiger partial charge in [-0.3, -0.25) is 0 Å². The zero-order valence-corrected chi connectivity index (χ0v) is 13.2. The van der Waals surface area contributed by atoms with Crippen molar-refractivity contribution < 1.29 is 13.5 Å². The van der Waals surface area contributed by atoms with Gasteiger partial charge in [-0.2, -0.15) is 0 Å². The molecule has 0 saturated heterocycles. The fourth-order valence-electron chi connectivity index (χ4n) is 1.95. The maximum absolute atomic E-state index is 13.7. The molecular weight excluding hydrogens is 317 g/mol. The molecule has 0 spiro atoms. The molecule has 0 atom stereocenters. The second-order valence-electron chi connectivity index (χ2n) is 4.81. The van der Waals surface area contributed by atoms with Crippen molar-refractivity contribution in [3.05, 3.63) is 68.2 Å². The van der Waals surface area contributed by atoms with Crippen molar-refractivity contribution in [2.75, 3.05) is 0 Å². The zero-order valence-electron chi connectivity index (χ0n) is 11.6. The van der Waals surface area contributed by atoms with E-state index in [1.54, 1.807) is 26.0 Å². The molecular formula is C16H14Cl2F2O. The summed E-state index contributed by atoms with van der Waals surface area (Å²) in [4.78, 5) is 0. The Morgan fingerprint density at radius 3 is 1.57 bits per heavy atom. The van der Waals surface area contributed by atoms with Gasteiger partial charge >= 0.3 is 0 Å². The second-order valence-corrected chi connectivity index (χ2v) is 5.56. The number of rotatable bonds is 4. The SMILES string of the molecule is Cc1ccc(F)c(COCc2c(F)ccc(C)c2Cl)c1Cl. The molecule has 0 heterocycles. The van der Waals surface area contributed by atoms with Crippen LogP contribution < -0.4 is 0 Å². The average molecular weight is 331 g/mol. The molecule has 0 unspecified atom stereocenters. The van der Waals surface area contributed by atoms with E-state index in [0.29, 0.717) is 10.0 Å². The van der Waals surface area contributed by atoms with E-state index in [4.69, 9.17) is 27.9 Å². The highest BCUT2D eigenvalue weighted by molar-refractivity contribution is 6.32. The van der Waals surface area contributed by atoms with Gasteiger partial charge in [0.15, 0.2) is 0 Å². The quantitative estimate of drug-likeness (QED) is 0.708. The Kier molecular flexibility index (Phi) is 5.20. The fourth-order valence-corrected chi connectivity index (χ4v) is 2.36. The van der Waals surface area contributed by atoms with Gasteiger partial charge in [-0.1, -0.05) is 35.3 Å². The van der Waals surface area contributed by atoms with E-state index in [1.165, 1.54) is 12.1 Å². The summed E-state index contributed by atoms with van der Waals surface area (Å²) in [7, 11) is 0. The molecule has 112 valence electrons. The first kappa shape index (κ1) is 16.2. The largest absolute Gasteiger partial charge is 0.372 e. The van der Waals surface area contributed by atoms with Crippen molar-refractivity contribution in [1.82, 2.24) is 0 Å². The summed E-state index contributed by atoms with van der Waals surface area (Å²) in [6.45, 7) is 3.47. The van der Waals surface area contributed by atoms with Crippen molar-refractivity contribution in [2.24, 2.45) is 0 Å². The molecule has 2 aromatic rings. The standard InChI is InChI=1S/C16H14Cl2F2O/c1-9-3-5-13(19)11(15(9)17)7-21-8-12-14(20)6-4-10(2)16(12)18/h3-6H,7-8H2,1-2H3. The van der Waals surface area contributed by atoms with Crippen LogP contribution in [0.3, 0.4) is 0 Å². The number of halogens is 4. The van der Waals surface area contributed by atoms with Gasteiger partial charge in [-0.25, -0.2) is 8.78 Å². The third-order valence-corrected chi connectivity index (χ3v) is 4.30. The van der Waals surface area contributed by atoms with Gasteiger partial charge in [-0.15, -0.1) is 0 Å². The highest BCUT2D eigenvalue weighted by Gasteiger charge is 2.13. The summed E-state index contributed by atoms with van der Waals surface area (Å²) in [6, 6.07) is 5.86. The van der Waals surface area contributed by atoms with Crippen LogP contribution in [0.1, 0.15) is 22.3 Å². The van der Waals surface area contributed by atoms with Crippen LogP contribution in [0.2, 0.25) is 10.0 Å². The molecule has 0 amide bonds. The van der Waals surface area contributed by atoms with Gasteiger partial charge in [0.25, 0.3) is 0 Å². The summed E-state index contributed by atoms with van der Waals surface area (Å²) in [6.07, 6.45) is 0. The Labute approximate surface area is 132 Å². The molecule has 0 aliphatic rings. The molecule has 0 aliphatic carbocycles. The predicted molar refractivity (Wildman–Crippen MR) is 80.8 cm³/mol. The Hall–Kier alpha value is -1.16. The molecule has 2 aromatic carbocycles. The molecule has 2 rings (SSSR count). The summed E-state index contributed by atoms with van der Waals surface area (Å²) in [5.41, 5.74) is 2.05. The minimum Gasteiger partial charge on any atom is -0.372 e. The number of aryl methyl sites for hydroxylation is 2. The Bertz CT molecular complexity index is 614. The van der Waals surface area contributed by atoms with E-state index in [1.807, 2.05) is 0 Å². The molecule has 0 radical (unpaired) electrons. The summed E-state index contributed by atoms with van der Waals surface area (Å²) >= 11 is 12.1. The van der Waals surface area contributed by atoms with Crippen LogP contribution in [0.4, 0.5) is 8.78 Å². The van der Waals surface area contributed by atoms with E-state index in [9.17, 15) is 8.78 Å². The topological polar surface area (TPSA) is 9.23 Å². The number of ether oxygens (including phenoxy) is 1. The van der Waals surface area contributed by atoms with Gasteiger partial charge in [0.05, 0.1) is 23.3 Å². The average Bonchev–Trinajstić information content (AvgIpc) is 2.46. The maximum Gasteiger partial charge on any atom is 0.130 e. The van der Waals surface area contributed by atoms with Gasteiger partial charge in [0.2, 0.25) is 0 Å². The molecule has 0 aromatic heterocycles. The van der Waals surface area contributed by atoms with E-state index in [2.05, 4.69) is 0 Å². The van der Waals surface area contributed by atoms with Crippen molar-refractivity contribution >= 4 is 23.2 Å². The van der Waals surface area contributed by atoms with E-state index < -0.39 is 11.6 Å². The summed E-state index contributed by atoms with van der Waals surface area (Å²) in [5.74, 6) is -0.886. The van der Waals surface area contributed by atoms with Crippen LogP contribution in [-0.2, 0) is 18.0 Å². The molecule has 21 heavy (non-hydrogen) atoms. The number of benzene rings is 2. The Morgan fingerprint density at radius 2 is 1.19 bits per heavy atom. The third-order valence-electron chi connectivity index (χ3n) is 3.25. The fraction of sp³-hybridized carbons (Fsp3) is 0.250. The van der Waals surface area contributed by atoms with Crippen LogP contribution in [0.25, 0.3) is 0 Å². The second kappa shape index (κ2) is 6.73. The Balaban J connectivity index is 2.13. The highest BCUT2D eigenvalue weighted by atomic mass is 35.5. The first-order chi connectivity index (χ1) is 9.91. The van der Waals surface area contributed by atoms with Gasteiger partial charge in [0, 0.05) is 11.1 Å². The molecule has 0 saturated carbocycles. The van der Waals surface area contributed by atoms with Crippen LogP contribution in [0, 0.1) is 25.5 Å². The normalized spacial score (nSPS) is 11.0. The lowest BCUT2D eigenvalue weighted by Gasteiger charge is -2.11. The van der Waals surface area contributed by atoms with Crippen LogP contribution in [-0.4, -0.2) is 0 Å². The van der Waals surface area contributed by atoms with Crippen molar-refractivity contribution in [3.63, 3.8) is 0 Å². The van der Waals surface area contributed by atoms with Gasteiger partial charge < -0.3 is 4.74 Å². The predicted octanol–water partition coefficient (Wildman–Crippen LogP) is 5.61. The van der Waals surface area contributed by atoms with Crippen LogP contribution >= 0.6 is 23.2 Å². The minimum absolute atomic E-state index is 0.0456. The molecule has 0 aliphatic heterocycles. The molecule has 5 heteroatoms. The first-order valence-corrected chi connectivity index (χ1v) is 7.12. The van der Waals surface area contributed by atoms with Crippen molar-refractivity contribution in [2.45, 2.75) is 27.1 Å². The molecule has 0 fully saturated rings. The van der Waals surface area contributed by atoms with Crippen molar-refractivity contribution in [1.29, 1.82) is 0 Å². The minimum atomic E-state index is -0.443. The van der Waals surface area contributed by atoms with Gasteiger partial charge in [-0.05, 0) is 37.1 Å². The number of hydrogen-bond donors (Lipinski definition) is 0. The van der Waals surface area contributed by atoms with Crippen LogP contribution in [0.15, 0.2) is 24.3 Å². The van der Waals surface area contributed by atoms with E-state index in [0.717, 1.165) is 11.1 Å². The lowest BCUT2D eigenvalue weighted by Crippen LogP contribution is -2.02. The molecule has 0 bridgehead atoms. The zero-order chi connectivity index (χ0) is 15.6. The number of hydrogen-bond acceptors (Lipinski definition) is 1. The van der Waals surface area contributed by atoms with E-state index in [-0.39, 0.29) is 24.3 Å². The summed E-state index contributed by atoms with van der Waals surface area (Å²) in [5, 5.41) is 0.650. The lowest BCUT2D eigenvalue weighted by molar-refractivity contribution is 0.102. The van der Waals surface area contributed by atoms with E-state index >= 15 is 0 Å².